The molecule has 1 aromatic heterocycles. The fourth-order valence-electron chi connectivity index (χ4n) is 4.35. The molecule has 30 heavy (non-hydrogen) atoms. The number of nitrogens with one attached hydrogen (secondary N) is 1. The number of rotatable bonds is 6. The highest BCUT2D eigenvalue weighted by molar-refractivity contribution is 5.83. The number of hydrogen-bond donors (Lipinski definition) is 1. The van der Waals surface area contributed by atoms with Gasteiger partial charge >= 0.3 is 0 Å². The van der Waals surface area contributed by atoms with Crippen LogP contribution in [0.5, 0.6) is 0 Å². The Balaban J connectivity index is 1.93. The fourth-order valence-corrected chi connectivity index (χ4v) is 4.35. The Labute approximate surface area is 181 Å². The first-order valence-electron chi connectivity index (χ1n) is 10.8. The van der Waals surface area contributed by atoms with Crippen molar-refractivity contribution < 1.29 is 0 Å². The van der Waals surface area contributed by atoms with Crippen molar-refractivity contribution in [3.05, 3.63) is 94.8 Å². The summed E-state index contributed by atoms with van der Waals surface area (Å²) in [4.78, 5) is 3.39. The zero-order chi connectivity index (χ0) is 21.6. The molecule has 0 spiro atoms. The number of H-pyrrole nitrogens is 1. The summed E-state index contributed by atoms with van der Waals surface area (Å²) in [5.74, 6) is 0. The van der Waals surface area contributed by atoms with Crippen LogP contribution in [0.25, 0.3) is 10.9 Å². The van der Waals surface area contributed by atoms with Gasteiger partial charge in [0.1, 0.15) is 0 Å². The normalized spacial score (nSPS) is 18.0. The molecule has 0 amide bonds. The van der Waals surface area contributed by atoms with Gasteiger partial charge in [0.15, 0.2) is 0 Å². The predicted octanol–water partition coefficient (Wildman–Crippen LogP) is 7.75. The average Bonchev–Trinajstić information content (AvgIpc) is 3.10. The molecule has 3 rings (SSSR count). The highest BCUT2D eigenvalue weighted by Gasteiger charge is 2.26. The second kappa shape index (κ2) is 9.63. The molecule has 1 N–H and O–H groups in total. The standard InChI is InChI=1S/C28H32N2/c1-21(16-18-29)9-7-11-23(14-15-26-22(2)10-8-17-28(26,3)4)19-24-20-30-27-13-6-5-12-25(24)27/h5-7,9,11-16,20,30H,8,10,17,19H2,1-4H3/b9-7-,15-14+,21-16+,23-11-. The topological polar surface area (TPSA) is 39.6 Å². The summed E-state index contributed by atoms with van der Waals surface area (Å²) >= 11 is 0. The lowest BCUT2D eigenvalue weighted by Crippen LogP contribution is -2.19. The first-order valence-corrected chi connectivity index (χ1v) is 10.8. The third-order valence-corrected chi connectivity index (χ3v) is 6.04. The molecule has 0 atom stereocenters. The quantitative estimate of drug-likeness (QED) is 0.393. The number of nitrogens with zero attached hydrogens (tertiary/aromatic N) is 1. The minimum atomic E-state index is 0.229. The van der Waals surface area contributed by atoms with Crippen LogP contribution in [0.1, 0.15) is 52.5 Å². The van der Waals surface area contributed by atoms with Crippen molar-refractivity contribution in [1.29, 1.82) is 5.26 Å². The maximum atomic E-state index is 8.82. The van der Waals surface area contributed by atoms with E-state index in [1.54, 1.807) is 6.08 Å². The lowest BCUT2D eigenvalue weighted by Gasteiger charge is -2.33. The van der Waals surface area contributed by atoms with E-state index in [1.807, 2.05) is 19.1 Å². The molecule has 2 aromatic rings. The molecule has 0 aliphatic heterocycles. The molecule has 0 radical (unpaired) electrons. The largest absolute Gasteiger partial charge is 0.361 e. The average molecular weight is 397 g/mol. The van der Waals surface area contributed by atoms with E-state index in [9.17, 15) is 0 Å². The fraction of sp³-hybridized carbons (Fsp3) is 0.321. The van der Waals surface area contributed by atoms with E-state index in [4.69, 9.17) is 5.26 Å². The third-order valence-electron chi connectivity index (χ3n) is 6.04. The Bertz CT molecular complexity index is 1090. The maximum absolute atomic E-state index is 8.82. The summed E-state index contributed by atoms with van der Waals surface area (Å²) in [6.45, 7) is 8.93. The second-order valence-electron chi connectivity index (χ2n) is 8.92. The molecule has 1 aromatic carbocycles. The highest BCUT2D eigenvalue weighted by atomic mass is 14.7. The molecule has 0 saturated heterocycles. The van der Waals surface area contributed by atoms with Gasteiger partial charge in [-0.05, 0) is 73.3 Å². The van der Waals surface area contributed by atoms with Gasteiger partial charge in [0.2, 0.25) is 0 Å². The van der Waals surface area contributed by atoms with Gasteiger partial charge < -0.3 is 4.98 Å². The van der Waals surface area contributed by atoms with Gasteiger partial charge in [-0.3, -0.25) is 0 Å². The van der Waals surface area contributed by atoms with Gasteiger partial charge in [-0.15, -0.1) is 0 Å². The molecule has 2 nitrogen and oxygen atoms in total. The van der Waals surface area contributed by atoms with E-state index in [2.05, 4.69) is 80.5 Å². The summed E-state index contributed by atoms with van der Waals surface area (Å²) in [6, 6.07) is 10.5. The second-order valence-corrected chi connectivity index (χ2v) is 8.92. The molecule has 0 unspecified atom stereocenters. The van der Waals surface area contributed by atoms with Crippen molar-refractivity contribution in [3.63, 3.8) is 0 Å². The number of allylic oxidation sites excluding steroid dienone is 10. The van der Waals surface area contributed by atoms with E-state index in [-0.39, 0.29) is 5.41 Å². The molecule has 2 heteroatoms. The van der Waals surface area contributed by atoms with Crippen LogP contribution in [-0.2, 0) is 6.42 Å². The van der Waals surface area contributed by atoms with E-state index >= 15 is 0 Å². The minimum absolute atomic E-state index is 0.229. The van der Waals surface area contributed by atoms with Crippen LogP contribution < -0.4 is 0 Å². The SMILES string of the molecule is CC1=C(/C=C/C(=C/C=C\C(C)=C\C#N)Cc2c[nH]c3ccccc23)C(C)(C)CCC1. The minimum Gasteiger partial charge on any atom is -0.361 e. The number of hydrogen-bond acceptors (Lipinski definition) is 1. The van der Waals surface area contributed by atoms with E-state index in [0.717, 1.165) is 12.0 Å². The molecule has 154 valence electrons. The Hall–Kier alpha value is -3.05. The van der Waals surface area contributed by atoms with Crippen LogP contribution >= 0.6 is 0 Å². The van der Waals surface area contributed by atoms with Crippen LogP contribution in [0.15, 0.2) is 89.2 Å². The number of aromatic amines is 1. The van der Waals surface area contributed by atoms with Crippen molar-refractivity contribution in [2.24, 2.45) is 5.41 Å². The lowest BCUT2D eigenvalue weighted by molar-refractivity contribution is 0.377. The van der Waals surface area contributed by atoms with Gasteiger partial charge in [0, 0.05) is 23.2 Å². The van der Waals surface area contributed by atoms with E-state index < -0.39 is 0 Å². The number of benzene rings is 1. The molecule has 1 aliphatic rings. The van der Waals surface area contributed by atoms with Crippen LogP contribution in [0.2, 0.25) is 0 Å². The Kier molecular flexibility index (Phi) is 6.95. The Morgan fingerprint density at radius 2 is 2.03 bits per heavy atom. The Morgan fingerprint density at radius 3 is 2.80 bits per heavy atom. The summed E-state index contributed by atoms with van der Waals surface area (Å²) in [5.41, 5.74) is 7.89. The van der Waals surface area contributed by atoms with E-state index in [1.165, 1.54) is 52.4 Å². The maximum Gasteiger partial charge on any atom is 0.0914 e. The number of fused-ring (bicyclic) bond motifs is 1. The van der Waals surface area contributed by atoms with Crippen molar-refractivity contribution in [2.45, 2.75) is 53.4 Å². The van der Waals surface area contributed by atoms with Crippen LogP contribution in [0, 0.1) is 16.7 Å². The van der Waals surface area contributed by atoms with Gasteiger partial charge in [-0.2, -0.15) is 5.26 Å². The lowest BCUT2D eigenvalue weighted by atomic mass is 9.72. The first kappa shape index (κ1) is 21.7. The number of aromatic nitrogens is 1. The van der Waals surface area contributed by atoms with Gasteiger partial charge in [0.25, 0.3) is 0 Å². The van der Waals surface area contributed by atoms with Gasteiger partial charge in [0.05, 0.1) is 6.07 Å². The number of para-hydroxylation sites is 1. The third kappa shape index (κ3) is 5.30. The molecule has 1 aliphatic carbocycles. The van der Waals surface area contributed by atoms with Gasteiger partial charge in [-0.1, -0.05) is 68.0 Å². The Morgan fingerprint density at radius 1 is 1.23 bits per heavy atom. The van der Waals surface area contributed by atoms with Crippen LogP contribution in [0.4, 0.5) is 0 Å². The summed E-state index contributed by atoms with van der Waals surface area (Å²) in [6.07, 6.45) is 19.1. The number of nitriles is 1. The molecular formula is C28H32N2. The van der Waals surface area contributed by atoms with Gasteiger partial charge in [-0.25, -0.2) is 0 Å². The van der Waals surface area contributed by atoms with Crippen molar-refractivity contribution >= 4 is 10.9 Å². The molecule has 0 fully saturated rings. The monoisotopic (exact) mass is 396 g/mol. The van der Waals surface area contributed by atoms with E-state index in [0.29, 0.717) is 0 Å². The molecule has 0 bridgehead atoms. The van der Waals surface area contributed by atoms with Crippen LogP contribution in [-0.4, -0.2) is 4.98 Å². The summed E-state index contributed by atoms with van der Waals surface area (Å²) < 4.78 is 0. The molecule has 1 heterocycles. The van der Waals surface area contributed by atoms with Crippen molar-refractivity contribution in [1.82, 2.24) is 4.98 Å². The predicted molar refractivity (Wildman–Crippen MR) is 128 cm³/mol. The summed E-state index contributed by atoms with van der Waals surface area (Å²) in [7, 11) is 0. The van der Waals surface area contributed by atoms with Crippen molar-refractivity contribution in [2.75, 3.05) is 0 Å². The zero-order valence-electron chi connectivity index (χ0n) is 18.6. The zero-order valence-corrected chi connectivity index (χ0v) is 18.6. The molecular weight excluding hydrogens is 364 g/mol. The smallest absolute Gasteiger partial charge is 0.0914 e. The first-order chi connectivity index (χ1) is 14.4. The molecule has 0 saturated carbocycles. The summed E-state index contributed by atoms with van der Waals surface area (Å²) in [5, 5.41) is 10.1. The van der Waals surface area contributed by atoms with Crippen molar-refractivity contribution in [3.8, 4) is 6.07 Å². The van der Waals surface area contributed by atoms with Crippen LogP contribution in [0.3, 0.4) is 0 Å². The highest BCUT2D eigenvalue weighted by Crippen LogP contribution is 2.40.